The third-order valence-corrected chi connectivity index (χ3v) is 6.27. The van der Waals surface area contributed by atoms with Gasteiger partial charge in [0.15, 0.2) is 22.4 Å². The summed E-state index contributed by atoms with van der Waals surface area (Å²) >= 11 is 1.12. The molecule has 11 heteroatoms. The molecule has 0 spiro atoms. The van der Waals surface area contributed by atoms with Gasteiger partial charge in [0.1, 0.15) is 11.8 Å². The highest BCUT2D eigenvalue weighted by Gasteiger charge is 2.39. The van der Waals surface area contributed by atoms with Gasteiger partial charge in [-0.25, -0.2) is 4.98 Å². The predicted octanol–water partition coefficient (Wildman–Crippen LogP) is 2.36. The number of phenols is 2. The van der Waals surface area contributed by atoms with E-state index in [-0.39, 0.29) is 22.8 Å². The Balaban J connectivity index is 1.57. The van der Waals surface area contributed by atoms with E-state index in [0.29, 0.717) is 12.2 Å². The summed E-state index contributed by atoms with van der Waals surface area (Å²) in [6, 6.07) is 8.44. The molecule has 4 rings (SSSR count). The second-order valence-corrected chi connectivity index (χ2v) is 8.79. The first-order chi connectivity index (χ1) is 15.7. The summed E-state index contributed by atoms with van der Waals surface area (Å²) < 4.78 is 5.67. The Morgan fingerprint density at radius 3 is 2.79 bits per heavy atom. The highest BCUT2D eigenvalue weighted by Crippen LogP contribution is 2.37. The van der Waals surface area contributed by atoms with Crippen molar-refractivity contribution in [2.45, 2.75) is 31.6 Å². The number of carbonyl (C=O) groups is 2. The standard InChI is InChI=1S/C22H22BN3O6S/c1-11-4-2-5-12-8-13(23(31)32-20(11)12)9-17(28)18(15-10-33-22(24)25-15)26-21(30)14-6-3-7-16(27)19(14)29/h2-7,10,13,18,27,29,31H,8-9H2,1H3,(H2,24,25)(H,26,30)/t13-,18?/m1/s1. The molecule has 1 unspecified atom stereocenters. The number of ketones is 1. The average Bonchev–Trinajstić information content (AvgIpc) is 3.21. The molecule has 170 valence electrons. The Kier molecular flexibility index (Phi) is 6.25. The van der Waals surface area contributed by atoms with Gasteiger partial charge in [0.05, 0.1) is 11.3 Å². The first-order valence-electron chi connectivity index (χ1n) is 10.2. The van der Waals surface area contributed by atoms with Gasteiger partial charge >= 0.3 is 7.12 Å². The molecule has 1 aliphatic rings. The SMILES string of the molecule is Cc1cccc2c1OB(O)[C@@H](CC(=O)C(NC(=O)c1cccc(O)c1O)c1csc(N)n1)C2. The van der Waals surface area contributed by atoms with Crippen LogP contribution in [0.2, 0.25) is 5.82 Å². The molecule has 2 heterocycles. The lowest BCUT2D eigenvalue weighted by atomic mass is 9.64. The Morgan fingerprint density at radius 2 is 2.06 bits per heavy atom. The van der Waals surface area contributed by atoms with Gasteiger partial charge in [-0.3, -0.25) is 9.59 Å². The van der Waals surface area contributed by atoms with Crippen LogP contribution in [-0.2, 0) is 11.2 Å². The second kappa shape index (κ2) is 9.12. The predicted molar refractivity (Wildman–Crippen MR) is 123 cm³/mol. The number of aryl methyl sites for hydroxylation is 1. The van der Waals surface area contributed by atoms with Crippen molar-refractivity contribution in [2.24, 2.45) is 0 Å². The molecular formula is C22H22BN3O6S. The number of hydrogen-bond acceptors (Lipinski definition) is 9. The van der Waals surface area contributed by atoms with Gasteiger partial charge in [0, 0.05) is 17.6 Å². The second-order valence-electron chi connectivity index (χ2n) is 7.90. The van der Waals surface area contributed by atoms with Crippen LogP contribution in [0, 0.1) is 6.92 Å². The molecule has 9 nitrogen and oxygen atoms in total. The molecule has 33 heavy (non-hydrogen) atoms. The highest BCUT2D eigenvalue weighted by molar-refractivity contribution is 7.13. The van der Waals surface area contributed by atoms with Crippen LogP contribution in [0.1, 0.15) is 39.6 Å². The van der Waals surface area contributed by atoms with Crippen LogP contribution in [0.25, 0.3) is 0 Å². The summed E-state index contributed by atoms with van der Waals surface area (Å²) in [6.45, 7) is 1.88. The van der Waals surface area contributed by atoms with E-state index in [1.807, 2.05) is 25.1 Å². The highest BCUT2D eigenvalue weighted by atomic mass is 32.1. The van der Waals surface area contributed by atoms with Gasteiger partial charge in [0.2, 0.25) is 0 Å². The molecule has 2 aromatic carbocycles. The molecule has 2 atom stereocenters. The van der Waals surface area contributed by atoms with Gasteiger partial charge in [0.25, 0.3) is 5.91 Å². The maximum absolute atomic E-state index is 13.3. The van der Waals surface area contributed by atoms with E-state index in [0.717, 1.165) is 22.5 Å². The minimum absolute atomic E-state index is 0.0943. The zero-order chi connectivity index (χ0) is 23.7. The molecule has 1 amide bonds. The number of benzene rings is 2. The number of carbonyl (C=O) groups excluding carboxylic acids is 2. The van der Waals surface area contributed by atoms with E-state index < -0.39 is 42.2 Å². The van der Waals surface area contributed by atoms with Crippen molar-refractivity contribution in [3.63, 3.8) is 0 Å². The van der Waals surface area contributed by atoms with Crippen molar-refractivity contribution >= 4 is 35.3 Å². The minimum Gasteiger partial charge on any atom is -0.536 e. The number of fused-ring (bicyclic) bond motifs is 1. The molecule has 1 aromatic heterocycles. The number of para-hydroxylation sites is 2. The first-order valence-corrected chi connectivity index (χ1v) is 11.1. The average molecular weight is 467 g/mol. The first kappa shape index (κ1) is 22.6. The number of amides is 1. The number of nitrogens with zero attached hydrogens (tertiary/aromatic N) is 1. The summed E-state index contributed by atoms with van der Waals surface area (Å²) in [5.74, 6) is -2.14. The molecule has 0 saturated heterocycles. The maximum atomic E-state index is 13.3. The fraction of sp³-hybridized carbons (Fsp3) is 0.227. The summed E-state index contributed by atoms with van der Waals surface area (Å²) in [7, 11) is -1.19. The Bertz CT molecular complexity index is 1220. The fourth-order valence-corrected chi connectivity index (χ4v) is 4.46. The van der Waals surface area contributed by atoms with Crippen LogP contribution in [0.3, 0.4) is 0 Å². The van der Waals surface area contributed by atoms with Crippen molar-refractivity contribution in [2.75, 3.05) is 5.73 Å². The van der Waals surface area contributed by atoms with E-state index in [4.69, 9.17) is 10.4 Å². The number of rotatable bonds is 6. The monoisotopic (exact) mass is 467 g/mol. The smallest absolute Gasteiger partial charge is 0.526 e. The topological polar surface area (TPSA) is 155 Å². The number of nitrogen functional groups attached to an aromatic ring is 1. The molecule has 0 bridgehead atoms. The van der Waals surface area contributed by atoms with Crippen LogP contribution in [0.4, 0.5) is 5.13 Å². The minimum atomic E-state index is -1.19. The van der Waals surface area contributed by atoms with Crippen LogP contribution < -0.4 is 15.7 Å². The number of aromatic nitrogens is 1. The van der Waals surface area contributed by atoms with Crippen molar-refractivity contribution in [1.82, 2.24) is 10.3 Å². The molecule has 3 aromatic rings. The van der Waals surface area contributed by atoms with Crippen LogP contribution in [-0.4, -0.2) is 39.0 Å². The third kappa shape index (κ3) is 4.64. The zero-order valence-corrected chi connectivity index (χ0v) is 18.5. The summed E-state index contributed by atoms with van der Waals surface area (Å²) in [6.07, 6.45) is 0.333. The zero-order valence-electron chi connectivity index (χ0n) is 17.7. The number of phenolic OH excluding ortho intramolecular Hbond substituents is 2. The molecule has 0 fully saturated rings. The van der Waals surface area contributed by atoms with Crippen LogP contribution in [0.5, 0.6) is 17.2 Å². The van der Waals surface area contributed by atoms with Crippen molar-refractivity contribution in [3.05, 3.63) is 64.2 Å². The molecule has 0 radical (unpaired) electrons. The lowest BCUT2D eigenvalue weighted by Gasteiger charge is -2.29. The normalized spacial score (nSPS) is 15.9. The number of nitrogens with two attached hydrogens (primary N) is 1. The maximum Gasteiger partial charge on any atom is 0.526 e. The molecule has 0 saturated carbocycles. The lowest BCUT2D eigenvalue weighted by molar-refractivity contribution is -0.121. The van der Waals surface area contributed by atoms with Crippen molar-refractivity contribution < 1.29 is 29.5 Å². The van der Waals surface area contributed by atoms with Gasteiger partial charge in [-0.05, 0) is 36.6 Å². The number of aromatic hydroxyl groups is 2. The number of hydrogen-bond donors (Lipinski definition) is 5. The van der Waals surface area contributed by atoms with E-state index in [1.54, 1.807) is 5.38 Å². The Labute approximate surface area is 194 Å². The van der Waals surface area contributed by atoms with Crippen molar-refractivity contribution in [3.8, 4) is 17.2 Å². The largest absolute Gasteiger partial charge is 0.536 e. The van der Waals surface area contributed by atoms with Gasteiger partial charge in [-0.1, -0.05) is 24.3 Å². The number of thiazole rings is 1. The van der Waals surface area contributed by atoms with Gasteiger partial charge < -0.3 is 30.9 Å². The third-order valence-electron chi connectivity index (χ3n) is 5.57. The molecule has 6 N–H and O–H groups in total. The van der Waals surface area contributed by atoms with Gasteiger partial charge in [-0.2, -0.15) is 0 Å². The number of anilines is 1. The lowest BCUT2D eigenvalue weighted by Crippen LogP contribution is -2.39. The van der Waals surface area contributed by atoms with E-state index in [2.05, 4.69) is 10.3 Å². The van der Waals surface area contributed by atoms with Gasteiger partial charge in [-0.15, -0.1) is 11.3 Å². The van der Waals surface area contributed by atoms with Crippen molar-refractivity contribution in [1.29, 1.82) is 0 Å². The molecule has 1 aliphatic heterocycles. The summed E-state index contributed by atoms with van der Waals surface area (Å²) in [5.41, 5.74) is 7.57. The summed E-state index contributed by atoms with van der Waals surface area (Å²) in [5, 5.41) is 34.6. The van der Waals surface area contributed by atoms with E-state index in [9.17, 15) is 24.8 Å². The van der Waals surface area contributed by atoms with E-state index in [1.165, 1.54) is 18.2 Å². The molecule has 0 aliphatic carbocycles. The van der Waals surface area contributed by atoms with Crippen LogP contribution in [0.15, 0.2) is 41.8 Å². The quantitative estimate of drug-likeness (QED) is 0.273. The number of Topliss-reactive ketones (excluding diaryl/α,β-unsaturated/α-hetero) is 1. The number of nitrogens with one attached hydrogen (secondary N) is 1. The van der Waals surface area contributed by atoms with E-state index >= 15 is 0 Å². The fourth-order valence-electron chi connectivity index (χ4n) is 3.87. The van der Waals surface area contributed by atoms with Crippen LogP contribution >= 0.6 is 11.3 Å². The summed E-state index contributed by atoms with van der Waals surface area (Å²) in [4.78, 5) is 30.2. The Hall–Kier alpha value is -3.57. The Morgan fingerprint density at radius 1 is 1.30 bits per heavy atom. The molecular weight excluding hydrogens is 445 g/mol.